The van der Waals surface area contributed by atoms with Crippen molar-refractivity contribution in [3.05, 3.63) is 71.9 Å². The van der Waals surface area contributed by atoms with Gasteiger partial charge in [-0.2, -0.15) is 0 Å². The van der Waals surface area contributed by atoms with Crippen molar-refractivity contribution < 1.29 is 17.9 Å². The van der Waals surface area contributed by atoms with E-state index in [4.69, 9.17) is 4.74 Å². The Hall–Kier alpha value is -3.26. The molecule has 2 heterocycles. The smallest absolute Gasteiger partial charge is 0.306 e. The standard InChI is InChI=1S/C21H19N3O4S/c25-19(28-14-16-7-3-6-15-8-4-12-22-20(15)16)11-5-13-23-21-17-9-1-2-10-18(17)29(26,27)24-21/h1-4,6-10,12H,5,11,13-14H2,(H,23,24). The van der Waals surface area contributed by atoms with Crippen molar-refractivity contribution in [3.8, 4) is 0 Å². The SMILES string of the molecule is O=C(CCCN=C1NS(=O)(=O)c2ccccc21)OCc1cccc2cccnc12. The van der Waals surface area contributed by atoms with E-state index in [1.54, 1.807) is 30.5 Å². The minimum Gasteiger partial charge on any atom is -0.461 e. The van der Waals surface area contributed by atoms with Crippen molar-refractivity contribution in [1.82, 2.24) is 9.71 Å². The van der Waals surface area contributed by atoms with E-state index >= 15 is 0 Å². The van der Waals surface area contributed by atoms with Crippen molar-refractivity contribution in [1.29, 1.82) is 0 Å². The first-order chi connectivity index (χ1) is 14.0. The molecule has 0 aliphatic carbocycles. The Morgan fingerprint density at radius 3 is 2.79 bits per heavy atom. The number of para-hydroxylation sites is 1. The molecule has 0 spiro atoms. The summed E-state index contributed by atoms with van der Waals surface area (Å²) < 4.78 is 31.9. The van der Waals surface area contributed by atoms with Crippen LogP contribution >= 0.6 is 0 Å². The van der Waals surface area contributed by atoms with Gasteiger partial charge in [-0.05, 0) is 24.6 Å². The van der Waals surface area contributed by atoms with Crippen LogP contribution in [-0.2, 0) is 26.2 Å². The fraction of sp³-hybridized carbons (Fsp3) is 0.190. The first-order valence-corrected chi connectivity index (χ1v) is 10.7. The lowest BCUT2D eigenvalue weighted by molar-refractivity contribution is -0.144. The van der Waals surface area contributed by atoms with Crippen LogP contribution in [-0.4, -0.2) is 31.8 Å². The predicted molar refractivity (Wildman–Crippen MR) is 109 cm³/mol. The van der Waals surface area contributed by atoms with Crippen molar-refractivity contribution in [2.24, 2.45) is 4.99 Å². The van der Waals surface area contributed by atoms with E-state index in [1.165, 1.54) is 0 Å². The summed E-state index contributed by atoms with van der Waals surface area (Å²) in [4.78, 5) is 20.9. The van der Waals surface area contributed by atoms with Crippen molar-refractivity contribution in [3.63, 3.8) is 0 Å². The van der Waals surface area contributed by atoms with E-state index in [0.29, 0.717) is 24.4 Å². The van der Waals surface area contributed by atoms with Crippen LogP contribution in [0.15, 0.2) is 70.7 Å². The number of fused-ring (bicyclic) bond motifs is 2. The number of carbonyl (C=O) groups excluding carboxylic acids is 1. The molecular formula is C21H19N3O4S. The zero-order valence-corrected chi connectivity index (χ0v) is 16.4. The second kappa shape index (κ2) is 8.00. The second-order valence-corrected chi connectivity index (χ2v) is 8.24. The van der Waals surface area contributed by atoms with Crippen LogP contribution in [0.2, 0.25) is 0 Å². The van der Waals surface area contributed by atoms with Gasteiger partial charge in [0.2, 0.25) is 0 Å². The third kappa shape index (κ3) is 4.12. The van der Waals surface area contributed by atoms with Gasteiger partial charge in [0.1, 0.15) is 12.4 Å². The number of hydrogen-bond acceptors (Lipinski definition) is 6. The first-order valence-electron chi connectivity index (χ1n) is 9.19. The van der Waals surface area contributed by atoms with E-state index in [0.717, 1.165) is 16.5 Å². The molecular weight excluding hydrogens is 390 g/mol. The van der Waals surface area contributed by atoms with Gasteiger partial charge >= 0.3 is 5.97 Å². The van der Waals surface area contributed by atoms with Gasteiger partial charge in [0.05, 0.1) is 10.4 Å². The fourth-order valence-corrected chi connectivity index (χ4v) is 4.43. The minimum absolute atomic E-state index is 0.162. The van der Waals surface area contributed by atoms with Gasteiger partial charge in [0, 0.05) is 35.7 Å². The molecule has 8 heteroatoms. The van der Waals surface area contributed by atoms with Gasteiger partial charge in [-0.15, -0.1) is 0 Å². The number of ether oxygens (including phenoxy) is 1. The number of sulfonamides is 1. The minimum atomic E-state index is -3.54. The molecule has 0 saturated heterocycles. The van der Waals surface area contributed by atoms with E-state index in [2.05, 4.69) is 14.7 Å². The number of rotatable bonds is 6. The summed E-state index contributed by atoms with van der Waals surface area (Å²) in [5, 5.41) is 0.996. The molecule has 0 bridgehead atoms. The number of esters is 1. The quantitative estimate of drug-likeness (QED) is 0.499. The number of hydrogen-bond donors (Lipinski definition) is 1. The van der Waals surface area contributed by atoms with Crippen LogP contribution in [0.3, 0.4) is 0 Å². The molecule has 7 nitrogen and oxygen atoms in total. The van der Waals surface area contributed by atoms with Crippen LogP contribution in [0.25, 0.3) is 10.9 Å². The average molecular weight is 409 g/mol. The lowest BCUT2D eigenvalue weighted by atomic mass is 10.1. The maximum Gasteiger partial charge on any atom is 0.306 e. The summed E-state index contributed by atoms with van der Waals surface area (Å²) in [6.45, 7) is 0.478. The average Bonchev–Trinajstić information content (AvgIpc) is 3.00. The number of nitrogens with zero attached hydrogens (tertiary/aromatic N) is 2. The summed E-state index contributed by atoms with van der Waals surface area (Å²) >= 11 is 0. The van der Waals surface area contributed by atoms with Crippen molar-refractivity contribution in [2.75, 3.05) is 6.54 Å². The first kappa shape index (κ1) is 19.1. The molecule has 4 rings (SSSR count). The van der Waals surface area contributed by atoms with Crippen molar-refractivity contribution >= 4 is 32.7 Å². The second-order valence-electron chi connectivity index (χ2n) is 6.59. The molecule has 0 atom stereocenters. The monoisotopic (exact) mass is 409 g/mol. The largest absolute Gasteiger partial charge is 0.461 e. The van der Waals surface area contributed by atoms with Crippen LogP contribution in [0.4, 0.5) is 0 Å². The number of amidine groups is 1. The Morgan fingerprint density at radius 2 is 1.90 bits per heavy atom. The van der Waals surface area contributed by atoms with Gasteiger partial charge in [0.25, 0.3) is 10.0 Å². The highest BCUT2D eigenvalue weighted by molar-refractivity contribution is 7.90. The Labute approximate surface area is 168 Å². The van der Waals surface area contributed by atoms with E-state index < -0.39 is 10.0 Å². The zero-order chi connectivity index (χ0) is 20.3. The summed E-state index contributed by atoms with van der Waals surface area (Å²) in [5.41, 5.74) is 2.23. The lowest BCUT2D eigenvalue weighted by Crippen LogP contribution is -2.22. The molecule has 2 aromatic carbocycles. The van der Waals surface area contributed by atoms with Crippen molar-refractivity contribution in [2.45, 2.75) is 24.3 Å². The molecule has 3 aromatic rings. The highest BCUT2D eigenvalue weighted by Crippen LogP contribution is 2.22. The van der Waals surface area contributed by atoms with Crippen LogP contribution in [0.5, 0.6) is 0 Å². The number of carbonyl (C=O) groups is 1. The maximum absolute atomic E-state index is 12.0. The van der Waals surface area contributed by atoms with Gasteiger partial charge in [-0.3, -0.25) is 19.5 Å². The summed E-state index contributed by atoms with van der Waals surface area (Å²) in [5.74, 6) is -0.0127. The molecule has 1 aliphatic rings. The number of nitrogens with one attached hydrogen (secondary N) is 1. The Morgan fingerprint density at radius 1 is 1.07 bits per heavy atom. The zero-order valence-electron chi connectivity index (χ0n) is 15.5. The fourth-order valence-electron chi connectivity index (χ4n) is 3.18. The van der Waals surface area contributed by atoms with E-state index in [-0.39, 0.29) is 23.9 Å². The Balaban J connectivity index is 1.30. The summed E-state index contributed by atoms with van der Waals surface area (Å²) in [6, 6.07) is 16.3. The lowest BCUT2D eigenvalue weighted by Gasteiger charge is -2.07. The van der Waals surface area contributed by atoms with Crippen LogP contribution in [0, 0.1) is 0 Å². The third-order valence-corrected chi connectivity index (χ3v) is 5.97. The molecule has 1 aliphatic heterocycles. The third-order valence-electron chi connectivity index (χ3n) is 4.58. The van der Waals surface area contributed by atoms with Crippen LogP contribution < -0.4 is 4.72 Å². The van der Waals surface area contributed by atoms with Gasteiger partial charge in [0.15, 0.2) is 0 Å². The molecule has 1 aromatic heterocycles. The molecule has 0 saturated carbocycles. The number of aliphatic imine (C=N–C) groups is 1. The maximum atomic E-state index is 12.0. The Bertz CT molecular complexity index is 1200. The summed E-state index contributed by atoms with van der Waals surface area (Å²) in [6.07, 6.45) is 2.37. The van der Waals surface area contributed by atoms with E-state index in [1.807, 2.05) is 30.3 Å². The number of pyridine rings is 1. The Kier molecular flexibility index (Phi) is 5.26. The molecule has 29 heavy (non-hydrogen) atoms. The van der Waals surface area contributed by atoms with Gasteiger partial charge in [-0.25, -0.2) is 8.42 Å². The van der Waals surface area contributed by atoms with Crippen LogP contribution in [0.1, 0.15) is 24.0 Å². The molecule has 0 fully saturated rings. The van der Waals surface area contributed by atoms with Gasteiger partial charge < -0.3 is 4.74 Å². The molecule has 1 N–H and O–H groups in total. The normalized spacial score (nSPS) is 15.8. The van der Waals surface area contributed by atoms with E-state index in [9.17, 15) is 13.2 Å². The topological polar surface area (TPSA) is 97.7 Å². The molecule has 0 amide bonds. The number of benzene rings is 2. The van der Waals surface area contributed by atoms with Gasteiger partial charge in [-0.1, -0.05) is 36.4 Å². The highest BCUT2D eigenvalue weighted by atomic mass is 32.2. The molecule has 0 unspecified atom stereocenters. The summed E-state index contributed by atoms with van der Waals surface area (Å²) in [7, 11) is -3.54. The highest BCUT2D eigenvalue weighted by Gasteiger charge is 2.29. The molecule has 148 valence electrons. The number of aromatic nitrogens is 1. The predicted octanol–water partition coefficient (Wildman–Crippen LogP) is 2.80. The molecule has 0 radical (unpaired) electrons.